The Morgan fingerprint density at radius 3 is 2.89 bits per heavy atom. The molecule has 11 nitrogen and oxygen atoms in total. The van der Waals surface area contributed by atoms with Gasteiger partial charge in [-0.2, -0.15) is 0 Å². The molecule has 148 valence electrons. The molecule has 1 aliphatic rings. The van der Waals surface area contributed by atoms with Gasteiger partial charge in [0.15, 0.2) is 5.13 Å². The third-order valence-corrected chi connectivity index (χ3v) is 4.92. The highest BCUT2D eigenvalue weighted by atomic mass is 32.1. The number of ether oxygens (including phenoxy) is 2. The van der Waals surface area contributed by atoms with Gasteiger partial charge < -0.3 is 20.3 Å². The lowest BCUT2D eigenvalue weighted by atomic mass is 9.97. The topological polar surface area (TPSA) is 167 Å². The second-order valence-corrected chi connectivity index (χ2v) is 6.94. The van der Waals surface area contributed by atoms with E-state index in [0.717, 1.165) is 6.20 Å². The van der Waals surface area contributed by atoms with Crippen LogP contribution in [0.3, 0.4) is 0 Å². The van der Waals surface area contributed by atoms with E-state index in [1.54, 1.807) is 6.07 Å². The molecule has 28 heavy (non-hydrogen) atoms. The predicted octanol–water partition coefficient (Wildman–Crippen LogP) is 2.32. The molecule has 1 aromatic carbocycles. The summed E-state index contributed by atoms with van der Waals surface area (Å²) in [4.78, 5) is 37.0. The van der Waals surface area contributed by atoms with Crippen molar-refractivity contribution in [1.29, 1.82) is 0 Å². The van der Waals surface area contributed by atoms with Crippen molar-refractivity contribution in [2.45, 2.75) is 25.0 Å². The van der Waals surface area contributed by atoms with Crippen molar-refractivity contribution in [3.8, 4) is 5.75 Å². The van der Waals surface area contributed by atoms with E-state index in [-0.39, 0.29) is 27.5 Å². The Hall–Kier alpha value is -3.25. The average Bonchev–Trinajstić information content (AvgIpc) is 3.10. The van der Waals surface area contributed by atoms with Crippen molar-refractivity contribution < 1.29 is 29.1 Å². The molecule has 12 heteroatoms. The van der Waals surface area contributed by atoms with Gasteiger partial charge in [0.05, 0.1) is 23.2 Å². The Morgan fingerprint density at radius 1 is 1.46 bits per heavy atom. The molecule has 0 bridgehead atoms. The molecule has 2 atom stereocenters. The first kappa shape index (κ1) is 19.5. The molecule has 4 N–H and O–H groups in total. The smallest absolute Gasteiger partial charge is 0.404 e. The summed E-state index contributed by atoms with van der Waals surface area (Å²) in [6.07, 6.45) is 0.254. The SMILES string of the molecule is NC(=O)OC1CCOC(c2ccc(C(=O)Nc3ncc([N+](=O)[O-])s3)c(O)c2)C1. The van der Waals surface area contributed by atoms with Gasteiger partial charge in [0.25, 0.3) is 5.91 Å². The number of thiazole rings is 1. The molecule has 1 fully saturated rings. The second kappa shape index (κ2) is 8.19. The van der Waals surface area contributed by atoms with Crippen LogP contribution in [0.5, 0.6) is 5.75 Å². The maximum absolute atomic E-state index is 12.3. The zero-order chi connectivity index (χ0) is 20.3. The number of nitrogens with two attached hydrogens (primary N) is 1. The number of phenolic OH excluding ortho intramolecular Hbond substituents is 1. The number of aromatic hydroxyl groups is 1. The number of carbonyl (C=O) groups excluding carboxylic acids is 2. The maximum Gasteiger partial charge on any atom is 0.404 e. The van der Waals surface area contributed by atoms with Crippen LogP contribution in [0.25, 0.3) is 0 Å². The summed E-state index contributed by atoms with van der Waals surface area (Å²) in [5.41, 5.74) is 5.62. The summed E-state index contributed by atoms with van der Waals surface area (Å²) in [7, 11) is 0. The Labute approximate surface area is 162 Å². The van der Waals surface area contributed by atoms with Crippen molar-refractivity contribution in [3.63, 3.8) is 0 Å². The number of nitrogens with zero attached hydrogens (tertiary/aromatic N) is 2. The summed E-state index contributed by atoms with van der Waals surface area (Å²) in [5, 5.41) is 23.1. The van der Waals surface area contributed by atoms with Gasteiger partial charge in [-0.15, -0.1) is 0 Å². The van der Waals surface area contributed by atoms with Crippen LogP contribution < -0.4 is 11.1 Å². The number of nitrogens with one attached hydrogen (secondary N) is 1. The van der Waals surface area contributed by atoms with Crippen LogP contribution in [0.4, 0.5) is 14.9 Å². The molecule has 2 amide bonds. The first-order valence-corrected chi connectivity index (χ1v) is 8.97. The van der Waals surface area contributed by atoms with Gasteiger partial charge in [-0.25, -0.2) is 9.78 Å². The van der Waals surface area contributed by atoms with E-state index < -0.39 is 23.0 Å². The lowest BCUT2D eigenvalue weighted by molar-refractivity contribution is -0.380. The van der Waals surface area contributed by atoms with Crippen LogP contribution >= 0.6 is 11.3 Å². The van der Waals surface area contributed by atoms with Gasteiger partial charge in [0.2, 0.25) is 0 Å². The third-order valence-electron chi connectivity index (χ3n) is 4.05. The Balaban J connectivity index is 1.70. The summed E-state index contributed by atoms with van der Waals surface area (Å²) >= 11 is 0.705. The molecule has 0 aliphatic carbocycles. The quantitative estimate of drug-likeness (QED) is 0.500. The van der Waals surface area contributed by atoms with Gasteiger partial charge in [0, 0.05) is 12.8 Å². The van der Waals surface area contributed by atoms with Crippen molar-refractivity contribution in [3.05, 3.63) is 45.6 Å². The lowest BCUT2D eigenvalue weighted by Crippen LogP contribution is -2.30. The molecule has 0 spiro atoms. The maximum atomic E-state index is 12.3. The predicted molar refractivity (Wildman–Crippen MR) is 97.2 cm³/mol. The number of primary amides is 1. The number of hydrogen-bond acceptors (Lipinski definition) is 9. The van der Waals surface area contributed by atoms with Crippen LogP contribution in [0, 0.1) is 10.1 Å². The van der Waals surface area contributed by atoms with Crippen LogP contribution in [0.2, 0.25) is 0 Å². The van der Waals surface area contributed by atoms with Crippen molar-refractivity contribution >= 4 is 33.5 Å². The molecule has 2 unspecified atom stereocenters. The van der Waals surface area contributed by atoms with E-state index in [2.05, 4.69) is 10.3 Å². The first-order valence-electron chi connectivity index (χ1n) is 8.15. The number of nitro groups is 1. The monoisotopic (exact) mass is 408 g/mol. The number of aromatic nitrogens is 1. The van der Waals surface area contributed by atoms with Gasteiger partial charge >= 0.3 is 11.1 Å². The third kappa shape index (κ3) is 4.53. The van der Waals surface area contributed by atoms with Crippen LogP contribution in [-0.4, -0.2) is 39.7 Å². The number of phenols is 1. The van der Waals surface area contributed by atoms with Gasteiger partial charge in [-0.1, -0.05) is 6.07 Å². The first-order chi connectivity index (χ1) is 13.3. The van der Waals surface area contributed by atoms with Crippen LogP contribution in [0.1, 0.15) is 34.9 Å². The highest BCUT2D eigenvalue weighted by molar-refractivity contribution is 7.18. The number of carbonyl (C=O) groups is 2. The summed E-state index contributed by atoms with van der Waals surface area (Å²) in [6.45, 7) is 0.356. The molecular formula is C16H16N4O7S. The Bertz CT molecular complexity index is 916. The minimum atomic E-state index is -0.858. The fourth-order valence-electron chi connectivity index (χ4n) is 2.78. The molecule has 0 saturated carbocycles. The standard InChI is InChI=1S/C16H16N4O7S/c17-15(23)27-9-3-4-26-12(6-9)8-1-2-10(11(21)5-8)14(22)19-16-18-7-13(28-16)20(24)25/h1-2,5,7,9,12,21H,3-4,6H2,(H2,17,23)(H,18,19,22). The number of rotatable bonds is 5. The fraction of sp³-hybridized carbons (Fsp3) is 0.312. The average molecular weight is 408 g/mol. The van der Waals surface area contributed by atoms with Crippen LogP contribution in [0.15, 0.2) is 24.4 Å². The molecule has 1 aromatic heterocycles. The number of amides is 2. The zero-order valence-electron chi connectivity index (χ0n) is 14.4. The Kier molecular flexibility index (Phi) is 5.70. The van der Waals surface area contributed by atoms with E-state index in [9.17, 15) is 24.8 Å². The molecule has 3 rings (SSSR count). The van der Waals surface area contributed by atoms with E-state index in [0.29, 0.717) is 36.3 Å². The molecule has 1 saturated heterocycles. The van der Waals surface area contributed by atoms with Gasteiger partial charge in [-0.3, -0.25) is 20.2 Å². The van der Waals surface area contributed by atoms with Crippen LogP contribution in [-0.2, 0) is 9.47 Å². The molecule has 1 aliphatic heterocycles. The molecule has 2 aromatic rings. The minimum Gasteiger partial charge on any atom is -0.507 e. The summed E-state index contributed by atoms with van der Waals surface area (Å²) < 4.78 is 10.6. The largest absolute Gasteiger partial charge is 0.507 e. The van der Waals surface area contributed by atoms with Crippen molar-refractivity contribution in [2.75, 3.05) is 11.9 Å². The molecule has 0 radical (unpaired) electrons. The molecular weight excluding hydrogens is 392 g/mol. The fourth-order valence-corrected chi connectivity index (χ4v) is 3.41. The molecule has 2 heterocycles. The van der Waals surface area contributed by atoms with E-state index >= 15 is 0 Å². The lowest BCUT2D eigenvalue weighted by Gasteiger charge is -2.29. The number of benzene rings is 1. The number of hydrogen-bond donors (Lipinski definition) is 3. The van der Waals surface area contributed by atoms with Gasteiger partial charge in [-0.05, 0) is 29.0 Å². The zero-order valence-corrected chi connectivity index (χ0v) is 15.2. The second-order valence-electron chi connectivity index (χ2n) is 5.93. The highest BCUT2D eigenvalue weighted by Crippen LogP contribution is 2.33. The van der Waals surface area contributed by atoms with E-state index in [1.807, 2.05) is 0 Å². The van der Waals surface area contributed by atoms with E-state index in [1.165, 1.54) is 12.1 Å². The van der Waals surface area contributed by atoms with Gasteiger partial charge in [0.1, 0.15) is 18.1 Å². The van der Waals surface area contributed by atoms with Crippen molar-refractivity contribution in [1.82, 2.24) is 4.98 Å². The number of anilines is 1. The summed E-state index contributed by atoms with van der Waals surface area (Å²) in [5.74, 6) is -0.949. The van der Waals surface area contributed by atoms with E-state index in [4.69, 9.17) is 15.2 Å². The Morgan fingerprint density at radius 2 is 2.25 bits per heavy atom. The van der Waals surface area contributed by atoms with Crippen molar-refractivity contribution in [2.24, 2.45) is 5.73 Å². The summed E-state index contributed by atoms with van der Waals surface area (Å²) in [6, 6.07) is 4.40. The minimum absolute atomic E-state index is 0.0256. The normalized spacial score (nSPS) is 19.0. The highest BCUT2D eigenvalue weighted by Gasteiger charge is 2.27.